The number of hydrogen-bond donors (Lipinski definition) is 2. The van der Waals surface area contributed by atoms with E-state index in [1.807, 2.05) is 13.8 Å². The second-order valence-electron chi connectivity index (χ2n) is 9.69. The Labute approximate surface area is 238 Å². The standard InChI is InChI=1S/C27H26Cl2F3N5O3/c1-13(2)34-26-35-20-12-36(24(39)17-9-10-19(28)21(22(17)29)27(30,31)32)14(3)11-18(20)25(40)37(26)16-7-5-15(6-8-16)23(38)33-4/h5-10,13-14H,11-12H2,1-4H3,(H,33,38)(H,34,35)/t14-/m1/s1. The minimum atomic E-state index is -4.85. The second-order valence-corrected chi connectivity index (χ2v) is 10.5. The van der Waals surface area contributed by atoms with Gasteiger partial charge in [-0.2, -0.15) is 13.2 Å². The van der Waals surface area contributed by atoms with E-state index in [9.17, 15) is 27.6 Å². The first-order valence-corrected chi connectivity index (χ1v) is 13.1. The molecule has 2 N–H and O–H groups in total. The van der Waals surface area contributed by atoms with Crippen LogP contribution in [0, 0.1) is 0 Å². The molecule has 1 atom stereocenters. The number of nitrogens with zero attached hydrogens (tertiary/aromatic N) is 3. The van der Waals surface area contributed by atoms with Crippen LogP contribution in [0.2, 0.25) is 10.0 Å². The van der Waals surface area contributed by atoms with Crippen molar-refractivity contribution in [2.45, 2.75) is 52.0 Å². The number of carbonyl (C=O) groups excluding carboxylic acids is 2. The van der Waals surface area contributed by atoms with Crippen LogP contribution in [0.3, 0.4) is 0 Å². The Morgan fingerprint density at radius 1 is 1.10 bits per heavy atom. The molecule has 1 aliphatic rings. The number of halogens is 5. The van der Waals surface area contributed by atoms with E-state index in [1.54, 1.807) is 31.2 Å². The van der Waals surface area contributed by atoms with Gasteiger partial charge in [0.15, 0.2) is 0 Å². The van der Waals surface area contributed by atoms with Gasteiger partial charge in [0.2, 0.25) is 5.95 Å². The summed E-state index contributed by atoms with van der Waals surface area (Å²) in [6, 6.07) is 7.93. The Hall–Kier alpha value is -3.57. The Kier molecular flexibility index (Phi) is 8.18. The summed E-state index contributed by atoms with van der Waals surface area (Å²) in [6.07, 6.45) is -4.74. The van der Waals surface area contributed by atoms with Crippen LogP contribution < -0.4 is 16.2 Å². The lowest BCUT2D eigenvalue weighted by Crippen LogP contribution is -2.46. The fourth-order valence-corrected chi connectivity index (χ4v) is 5.23. The lowest BCUT2D eigenvalue weighted by Gasteiger charge is -2.35. The molecule has 2 amide bonds. The van der Waals surface area contributed by atoms with Gasteiger partial charge in [0.1, 0.15) is 0 Å². The predicted octanol–water partition coefficient (Wildman–Crippen LogP) is 5.33. The maximum absolute atomic E-state index is 13.8. The molecular formula is C27H26Cl2F3N5O3. The molecule has 2 heterocycles. The zero-order chi connectivity index (χ0) is 29.5. The molecule has 3 aromatic rings. The van der Waals surface area contributed by atoms with E-state index in [1.165, 1.54) is 16.5 Å². The van der Waals surface area contributed by atoms with E-state index in [0.717, 1.165) is 12.1 Å². The quantitative estimate of drug-likeness (QED) is 0.416. The monoisotopic (exact) mass is 595 g/mol. The highest BCUT2D eigenvalue weighted by molar-refractivity contribution is 6.38. The van der Waals surface area contributed by atoms with E-state index in [2.05, 4.69) is 15.6 Å². The summed E-state index contributed by atoms with van der Waals surface area (Å²) in [5.41, 5.74) is -0.393. The zero-order valence-electron chi connectivity index (χ0n) is 22.0. The van der Waals surface area contributed by atoms with Crippen LogP contribution in [0.15, 0.2) is 41.2 Å². The zero-order valence-corrected chi connectivity index (χ0v) is 23.5. The molecule has 0 unspecified atom stereocenters. The van der Waals surface area contributed by atoms with Crippen LogP contribution >= 0.6 is 23.2 Å². The first-order chi connectivity index (χ1) is 18.7. The number of anilines is 1. The maximum atomic E-state index is 13.8. The number of carbonyl (C=O) groups is 2. The van der Waals surface area contributed by atoms with Crippen LogP contribution in [0.1, 0.15) is 58.3 Å². The van der Waals surface area contributed by atoms with Crippen LogP contribution in [0.25, 0.3) is 5.69 Å². The summed E-state index contributed by atoms with van der Waals surface area (Å²) >= 11 is 11.8. The largest absolute Gasteiger partial charge is 0.419 e. The second kappa shape index (κ2) is 11.1. The van der Waals surface area contributed by atoms with Gasteiger partial charge >= 0.3 is 6.18 Å². The topological polar surface area (TPSA) is 96.3 Å². The van der Waals surface area contributed by atoms with Crippen molar-refractivity contribution in [2.75, 3.05) is 12.4 Å². The fraction of sp³-hybridized carbons (Fsp3) is 0.333. The highest BCUT2D eigenvalue weighted by atomic mass is 35.5. The van der Waals surface area contributed by atoms with Crippen molar-refractivity contribution in [3.05, 3.63) is 84.7 Å². The third-order valence-corrected chi connectivity index (χ3v) is 7.22. The highest BCUT2D eigenvalue weighted by Gasteiger charge is 2.39. The van der Waals surface area contributed by atoms with Crippen LogP contribution in [-0.2, 0) is 19.1 Å². The molecule has 212 valence electrons. The SMILES string of the molecule is CNC(=O)c1ccc(-n2c(NC(C)C)nc3c(c2=O)C[C@@H](C)N(C(=O)c2ccc(Cl)c(C(F)(F)F)c2Cl)C3)cc1. The number of hydrogen-bond acceptors (Lipinski definition) is 5. The molecular weight excluding hydrogens is 570 g/mol. The minimum absolute atomic E-state index is 0.114. The van der Waals surface area contributed by atoms with Gasteiger partial charge in [-0.3, -0.25) is 14.4 Å². The molecule has 0 spiro atoms. The van der Waals surface area contributed by atoms with Crippen molar-refractivity contribution in [1.29, 1.82) is 0 Å². The molecule has 2 aromatic carbocycles. The smallest absolute Gasteiger partial charge is 0.355 e. The summed E-state index contributed by atoms with van der Waals surface area (Å²) in [7, 11) is 1.52. The lowest BCUT2D eigenvalue weighted by molar-refractivity contribution is -0.137. The maximum Gasteiger partial charge on any atom is 0.419 e. The van der Waals surface area contributed by atoms with Gasteiger partial charge in [-0.05, 0) is 63.6 Å². The summed E-state index contributed by atoms with van der Waals surface area (Å²) in [5, 5.41) is 4.29. The molecule has 0 saturated carbocycles. The van der Waals surface area contributed by atoms with Crippen molar-refractivity contribution in [2.24, 2.45) is 0 Å². The first kappa shape index (κ1) is 29.4. The van der Waals surface area contributed by atoms with Crippen molar-refractivity contribution >= 4 is 41.0 Å². The minimum Gasteiger partial charge on any atom is -0.355 e. The number of alkyl halides is 3. The number of benzene rings is 2. The summed E-state index contributed by atoms with van der Waals surface area (Å²) in [5.74, 6) is -0.790. The third-order valence-electron chi connectivity index (χ3n) is 6.51. The molecule has 0 bridgehead atoms. The summed E-state index contributed by atoms with van der Waals surface area (Å²) in [6.45, 7) is 5.30. The Balaban J connectivity index is 1.77. The number of nitrogens with one attached hydrogen (secondary N) is 2. The number of aromatic nitrogens is 2. The molecule has 1 aromatic heterocycles. The van der Waals surface area contributed by atoms with Crippen molar-refractivity contribution < 1.29 is 22.8 Å². The fourth-order valence-electron chi connectivity index (χ4n) is 4.56. The molecule has 0 saturated heterocycles. The molecule has 1 aliphatic heterocycles. The van der Waals surface area contributed by atoms with Gasteiger partial charge in [0.05, 0.1) is 39.1 Å². The van der Waals surface area contributed by atoms with E-state index in [0.29, 0.717) is 22.5 Å². The van der Waals surface area contributed by atoms with Crippen LogP contribution in [-0.4, -0.2) is 45.4 Å². The molecule has 0 radical (unpaired) electrons. The van der Waals surface area contributed by atoms with Gasteiger partial charge in [0.25, 0.3) is 17.4 Å². The van der Waals surface area contributed by atoms with Gasteiger partial charge < -0.3 is 15.5 Å². The normalized spacial score (nSPS) is 15.2. The highest BCUT2D eigenvalue weighted by Crippen LogP contribution is 2.41. The van der Waals surface area contributed by atoms with E-state index in [4.69, 9.17) is 23.2 Å². The predicted molar refractivity (Wildman–Crippen MR) is 146 cm³/mol. The number of amides is 2. The molecule has 40 heavy (non-hydrogen) atoms. The Morgan fingerprint density at radius 2 is 1.75 bits per heavy atom. The Morgan fingerprint density at radius 3 is 2.33 bits per heavy atom. The van der Waals surface area contributed by atoms with E-state index in [-0.39, 0.29) is 42.0 Å². The van der Waals surface area contributed by atoms with Crippen LogP contribution in [0.5, 0.6) is 0 Å². The van der Waals surface area contributed by atoms with Gasteiger partial charge in [0, 0.05) is 30.3 Å². The summed E-state index contributed by atoms with van der Waals surface area (Å²) < 4.78 is 42.1. The van der Waals surface area contributed by atoms with Gasteiger partial charge in [-0.15, -0.1) is 0 Å². The molecule has 0 fully saturated rings. The van der Waals surface area contributed by atoms with Crippen molar-refractivity contribution in [1.82, 2.24) is 19.8 Å². The average molecular weight is 596 g/mol. The van der Waals surface area contributed by atoms with Crippen molar-refractivity contribution in [3.8, 4) is 5.69 Å². The average Bonchev–Trinajstić information content (AvgIpc) is 2.87. The molecule has 4 rings (SSSR count). The third kappa shape index (κ3) is 5.53. The number of fused-ring (bicyclic) bond motifs is 1. The van der Waals surface area contributed by atoms with E-state index < -0.39 is 33.7 Å². The van der Waals surface area contributed by atoms with Gasteiger partial charge in [-0.1, -0.05) is 23.2 Å². The lowest BCUT2D eigenvalue weighted by atomic mass is 9.98. The summed E-state index contributed by atoms with van der Waals surface area (Å²) in [4.78, 5) is 45.2. The molecule has 13 heteroatoms. The Bertz CT molecular complexity index is 1540. The first-order valence-electron chi connectivity index (χ1n) is 12.3. The van der Waals surface area contributed by atoms with Gasteiger partial charge in [-0.25, -0.2) is 9.55 Å². The number of rotatable bonds is 5. The molecule has 8 nitrogen and oxygen atoms in total. The molecule has 0 aliphatic carbocycles. The van der Waals surface area contributed by atoms with Crippen molar-refractivity contribution in [3.63, 3.8) is 0 Å². The van der Waals surface area contributed by atoms with E-state index >= 15 is 0 Å². The van der Waals surface area contributed by atoms with Crippen LogP contribution in [0.4, 0.5) is 19.1 Å².